The third kappa shape index (κ3) is 3.71. The van der Waals surface area contributed by atoms with Crippen molar-refractivity contribution in [1.29, 1.82) is 0 Å². The molecule has 2 heteroatoms. The first kappa shape index (κ1) is 14.3. The first-order valence-corrected chi connectivity index (χ1v) is 8.01. The van der Waals surface area contributed by atoms with Crippen LogP contribution in [0, 0.1) is 17.8 Å². The van der Waals surface area contributed by atoms with Gasteiger partial charge in [-0.15, -0.1) is 0 Å². The Balaban J connectivity index is 1.81. The molecule has 4 atom stereocenters. The van der Waals surface area contributed by atoms with Gasteiger partial charge in [-0.05, 0) is 50.6 Å². The van der Waals surface area contributed by atoms with Crippen molar-refractivity contribution in [3.8, 4) is 0 Å². The van der Waals surface area contributed by atoms with Crippen LogP contribution in [-0.2, 0) is 0 Å². The van der Waals surface area contributed by atoms with Gasteiger partial charge in [0.2, 0.25) is 0 Å². The van der Waals surface area contributed by atoms with Gasteiger partial charge in [0.15, 0.2) is 0 Å². The Morgan fingerprint density at radius 1 is 1.17 bits per heavy atom. The molecule has 1 aliphatic heterocycles. The van der Waals surface area contributed by atoms with Gasteiger partial charge < -0.3 is 10.2 Å². The maximum Gasteiger partial charge on any atom is 0.0120 e. The topological polar surface area (TPSA) is 15.3 Å². The van der Waals surface area contributed by atoms with Crippen LogP contribution in [0.5, 0.6) is 0 Å². The van der Waals surface area contributed by atoms with E-state index < -0.39 is 0 Å². The molecule has 2 aliphatic rings. The molecule has 1 N–H and O–H groups in total. The van der Waals surface area contributed by atoms with E-state index in [-0.39, 0.29) is 0 Å². The largest absolute Gasteiger partial charge is 0.311 e. The van der Waals surface area contributed by atoms with E-state index in [2.05, 4.69) is 38.0 Å². The van der Waals surface area contributed by atoms with Crippen LogP contribution in [0.25, 0.3) is 0 Å². The van der Waals surface area contributed by atoms with Gasteiger partial charge in [0, 0.05) is 18.6 Å². The summed E-state index contributed by atoms with van der Waals surface area (Å²) in [5, 5.41) is 3.99. The summed E-state index contributed by atoms with van der Waals surface area (Å²) in [6.45, 7) is 9.73. The Morgan fingerprint density at radius 2 is 1.94 bits per heavy atom. The zero-order valence-electron chi connectivity index (χ0n) is 12.8. The van der Waals surface area contributed by atoms with Crippen LogP contribution in [0.4, 0.5) is 0 Å². The van der Waals surface area contributed by atoms with Crippen LogP contribution in [0.2, 0.25) is 0 Å². The summed E-state index contributed by atoms with van der Waals surface area (Å²) >= 11 is 0. The Bertz CT molecular complexity index is 251. The van der Waals surface area contributed by atoms with Crippen molar-refractivity contribution in [3.05, 3.63) is 0 Å². The van der Waals surface area contributed by atoms with E-state index in [1.54, 1.807) is 0 Å². The van der Waals surface area contributed by atoms with E-state index >= 15 is 0 Å². The lowest BCUT2D eigenvalue weighted by atomic mass is 9.78. The Labute approximate surface area is 114 Å². The summed E-state index contributed by atoms with van der Waals surface area (Å²) < 4.78 is 0. The molecule has 0 bridgehead atoms. The van der Waals surface area contributed by atoms with Crippen LogP contribution in [0.15, 0.2) is 0 Å². The average Bonchev–Trinajstić information content (AvgIpc) is 2.33. The number of rotatable bonds is 3. The molecule has 1 saturated heterocycles. The lowest BCUT2D eigenvalue weighted by Crippen LogP contribution is -2.51. The molecule has 1 aliphatic carbocycles. The summed E-state index contributed by atoms with van der Waals surface area (Å²) in [7, 11) is 2.25. The Hall–Kier alpha value is -0.0800. The smallest absolute Gasteiger partial charge is 0.0120 e. The third-order valence-electron chi connectivity index (χ3n) is 5.22. The summed E-state index contributed by atoms with van der Waals surface area (Å²) in [6, 6.07) is 1.55. The van der Waals surface area contributed by atoms with E-state index in [9.17, 15) is 0 Å². The van der Waals surface area contributed by atoms with Gasteiger partial charge in [0.05, 0.1) is 0 Å². The molecule has 0 radical (unpaired) electrons. The molecule has 106 valence electrons. The van der Waals surface area contributed by atoms with Crippen molar-refractivity contribution in [2.24, 2.45) is 17.8 Å². The van der Waals surface area contributed by atoms with Crippen LogP contribution >= 0.6 is 0 Å². The van der Waals surface area contributed by atoms with Gasteiger partial charge in [0.25, 0.3) is 0 Å². The number of likely N-dealkylation sites (tertiary alicyclic amines) is 1. The molecule has 0 aromatic heterocycles. The lowest BCUT2D eigenvalue weighted by Gasteiger charge is -2.40. The van der Waals surface area contributed by atoms with Crippen molar-refractivity contribution < 1.29 is 0 Å². The molecule has 2 rings (SSSR count). The average molecular weight is 252 g/mol. The minimum Gasteiger partial charge on any atom is -0.311 e. The minimum atomic E-state index is 0.761. The molecular formula is C16H32N2. The highest BCUT2D eigenvalue weighted by Gasteiger charge is 2.29. The van der Waals surface area contributed by atoms with Crippen molar-refractivity contribution in [2.45, 2.75) is 65.0 Å². The highest BCUT2D eigenvalue weighted by Crippen LogP contribution is 2.31. The molecule has 1 saturated carbocycles. The predicted octanol–water partition coefficient (Wildman–Crippen LogP) is 3.13. The second-order valence-corrected chi connectivity index (χ2v) is 7.17. The van der Waals surface area contributed by atoms with Gasteiger partial charge in [-0.3, -0.25) is 0 Å². The number of piperidine rings is 1. The van der Waals surface area contributed by atoms with Crippen molar-refractivity contribution in [3.63, 3.8) is 0 Å². The summed E-state index contributed by atoms with van der Waals surface area (Å²) in [5.74, 6) is 2.63. The van der Waals surface area contributed by atoms with Crippen LogP contribution in [-0.4, -0.2) is 37.1 Å². The van der Waals surface area contributed by atoms with E-state index in [0.29, 0.717) is 0 Å². The van der Waals surface area contributed by atoms with Gasteiger partial charge in [0.1, 0.15) is 0 Å². The number of hydrogen-bond donors (Lipinski definition) is 1. The normalized spacial score (nSPS) is 39.2. The first-order chi connectivity index (χ1) is 8.56. The van der Waals surface area contributed by atoms with Gasteiger partial charge >= 0.3 is 0 Å². The maximum absolute atomic E-state index is 3.99. The Morgan fingerprint density at radius 3 is 2.61 bits per heavy atom. The van der Waals surface area contributed by atoms with E-state index in [4.69, 9.17) is 0 Å². The molecule has 1 heterocycles. The van der Waals surface area contributed by atoms with E-state index in [0.717, 1.165) is 29.8 Å². The standard InChI is InChI=1S/C16H32N2/c1-12(2)14-6-5-7-15(10-14)17-16-8-9-18(4)11-13(16)3/h12-17H,5-11H2,1-4H3. The molecule has 0 aromatic carbocycles. The van der Waals surface area contributed by atoms with Crippen molar-refractivity contribution >= 4 is 0 Å². The highest BCUT2D eigenvalue weighted by molar-refractivity contribution is 4.87. The summed E-state index contributed by atoms with van der Waals surface area (Å²) in [4.78, 5) is 2.47. The van der Waals surface area contributed by atoms with Gasteiger partial charge in [-0.1, -0.05) is 33.6 Å². The van der Waals surface area contributed by atoms with Gasteiger partial charge in [-0.2, -0.15) is 0 Å². The quantitative estimate of drug-likeness (QED) is 0.830. The first-order valence-electron chi connectivity index (χ1n) is 8.01. The summed E-state index contributed by atoms with van der Waals surface area (Å²) in [6.07, 6.45) is 7.04. The fourth-order valence-electron chi connectivity index (χ4n) is 3.89. The molecule has 0 amide bonds. The maximum atomic E-state index is 3.99. The van der Waals surface area contributed by atoms with Crippen LogP contribution in [0.1, 0.15) is 52.9 Å². The molecule has 2 fully saturated rings. The predicted molar refractivity (Wildman–Crippen MR) is 78.8 cm³/mol. The molecular weight excluding hydrogens is 220 g/mol. The molecule has 2 nitrogen and oxygen atoms in total. The zero-order valence-corrected chi connectivity index (χ0v) is 12.8. The summed E-state index contributed by atoms with van der Waals surface area (Å²) in [5.41, 5.74) is 0. The number of hydrogen-bond acceptors (Lipinski definition) is 2. The van der Waals surface area contributed by atoms with E-state index in [1.807, 2.05) is 0 Å². The fourth-order valence-corrected chi connectivity index (χ4v) is 3.89. The molecule has 0 spiro atoms. The number of nitrogens with zero attached hydrogens (tertiary/aromatic N) is 1. The van der Waals surface area contributed by atoms with Crippen LogP contribution < -0.4 is 5.32 Å². The van der Waals surface area contributed by atoms with Crippen molar-refractivity contribution in [2.75, 3.05) is 20.1 Å². The van der Waals surface area contributed by atoms with E-state index in [1.165, 1.54) is 45.2 Å². The Kier molecular flexibility index (Phi) is 5.08. The molecule has 18 heavy (non-hydrogen) atoms. The highest BCUT2D eigenvalue weighted by atomic mass is 15.1. The minimum absolute atomic E-state index is 0.761. The second kappa shape index (κ2) is 6.38. The number of nitrogens with one attached hydrogen (secondary N) is 1. The van der Waals surface area contributed by atoms with Crippen molar-refractivity contribution in [1.82, 2.24) is 10.2 Å². The zero-order chi connectivity index (χ0) is 13.1. The SMILES string of the molecule is CC(C)C1CCCC(NC2CCN(C)CC2C)C1. The van der Waals surface area contributed by atoms with Crippen LogP contribution in [0.3, 0.4) is 0 Å². The third-order valence-corrected chi connectivity index (χ3v) is 5.22. The second-order valence-electron chi connectivity index (χ2n) is 7.17. The van der Waals surface area contributed by atoms with Gasteiger partial charge in [-0.25, -0.2) is 0 Å². The molecule has 4 unspecified atom stereocenters. The molecule has 0 aromatic rings. The lowest BCUT2D eigenvalue weighted by molar-refractivity contribution is 0.144. The fraction of sp³-hybridized carbons (Fsp3) is 1.00. The monoisotopic (exact) mass is 252 g/mol.